The first-order valence-electron chi connectivity index (χ1n) is 6.25. The van der Waals surface area contributed by atoms with Crippen molar-refractivity contribution in [3.63, 3.8) is 0 Å². The molecule has 0 atom stereocenters. The maximum atomic E-state index is 12.2. The lowest BCUT2D eigenvalue weighted by molar-refractivity contribution is 0.0950. The third-order valence-corrected chi connectivity index (χ3v) is 3.62. The van der Waals surface area contributed by atoms with E-state index in [9.17, 15) is 4.79 Å². The molecule has 21 heavy (non-hydrogen) atoms. The first kappa shape index (κ1) is 15.1. The van der Waals surface area contributed by atoms with Gasteiger partial charge in [0.05, 0.1) is 24.3 Å². The van der Waals surface area contributed by atoms with E-state index >= 15 is 0 Å². The minimum Gasteiger partial charge on any atom is -0.497 e. The van der Waals surface area contributed by atoms with Gasteiger partial charge in [0.1, 0.15) is 5.75 Å². The SMILES string of the molecule is COc1ccc(Br)c(C(=O)NCc2cccc(C#N)c2)c1. The zero-order valence-electron chi connectivity index (χ0n) is 11.4. The van der Waals surface area contributed by atoms with Gasteiger partial charge in [-0.05, 0) is 51.8 Å². The standard InChI is InChI=1S/C16H13BrN2O2/c1-21-13-5-6-15(17)14(8-13)16(20)19-10-12-4-2-3-11(7-12)9-18/h2-8H,10H2,1H3,(H,19,20). The average molecular weight is 345 g/mol. The highest BCUT2D eigenvalue weighted by Gasteiger charge is 2.11. The van der Waals surface area contributed by atoms with Crippen molar-refractivity contribution < 1.29 is 9.53 Å². The molecule has 0 heterocycles. The van der Waals surface area contributed by atoms with Crippen LogP contribution >= 0.6 is 15.9 Å². The third-order valence-electron chi connectivity index (χ3n) is 2.93. The van der Waals surface area contributed by atoms with Crippen molar-refractivity contribution in [2.45, 2.75) is 6.54 Å². The van der Waals surface area contributed by atoms with Crippen LogP contribution < -0.4 is 10.1 Å². The molecule has 0 spiro atoms. The second kappa shape index (κ2) is 6.91. The molecule has 4 nitrogen and oxygen atoms in total. The van der Waals surface area contributed by atoms with E-state index in [1.54, 1.807) is 43.5 Å². The Morgan fingerprint density at radius 1 is 1.33 bits per heavy atom. The van der Waals surface area contributed by atoms with E-state index in [0.29, 0.717) is 27.9 Å². The molecule has 0 aliphatic heterocycles. The Morgan fingerprint density at radius 3 is 2.86 bits per heavy atom. The molecule has 2 aromatic rings. The number of rotatable bonds is 4. The summed E-state index contributed by atoms with van der Waals surface area (Å²) in [4.78, 5) is 12.2. The van der Waals surface area contributed by atoms with E-state index in [-0.39, 0.29) is 5.91 Å². The number of carbonyl (C=O) groups is 1. The van der Waals surface area contributed by atoms with E-state index in [2.05, 4.69) is 27.3 Å². The molecule has 1 amide bonds. The first-order valence-corrected chi connectivity index (χ1v) is 7.04. The number of halogens is 1. The predicted molar refractivity (Wildman–Crippen MR) is 83.0 cm³/mol. The number of amides is 1. The number of nitrogens with one attached hydrogen (secondary N) is 1. The normalized spacial score (nSPS) is 9.76. The molecule has 2 aromatic carbocycles. The minimum absolute atomic E-state index is 0.205. The maximum Gasteiger partial charge on any atom is 0.252 e. The number of methoxy groups -OCH3 is 1. The van der Waals surface area contributed by atoms with Gasteiger partial charge in [0.25, 0.3) is 5.91 Å². The molecule has 0 saturated carbocycles. The van der Waals surface area contributed by atoms with Gasteiger partial charge in [-0.1, -0.05) is 12.1 Å². The van der Waals surface area contributed by atoms with Crippen molar-refractivity contribution >= 4 is 21.8 Å². The van der Waals surface area contributed by atoms with Crippen molar-refractivity contribution in [3.05, 3.63) is 63.6 Å². The summed E-state index contributed by atoms with van der Waals surface area (Å²) in [7, 11) is 1.55. The quantitative estimate of drug-likeness (QED) is 0.925. The lowest BCUT2D eigenvalue weighted by atomic mass is 10.1. The second-order valence-electron chi connectivity index (χ2n) is 4.34. The number of benzene rings is 2. The van der Waals surface area contributed by atoms with Crippen molar-refractivity contribution in [1.29, 1.82) is 5.26 Å². The summed E-state index contributed by atoms with van der Waals surface area (Å²) in [5.74, 6) is 0.415. The Bertz CT molecular complexity index is 708. The summed E-state index contributed by atoms with van der Waals surface area (Å²) in [6, 6.07) is 14.4. The van der Waals surface area contributed by atoms with Crippen molar-refractivity contribution in [1.82, 2.24) is 5.32 Å². The van der Waals surface area contributed by atoms with Gasteiger partial charge in [-0.15, -0.1) is 0 Å². The van der Waals surface area contributed by atoms with E-state index in [1.807, 2.05) is 6.07 Å². The molecule has 106 valence electrons. The summed E-state index contributed by atoms with van der Waals surface area (Å²) in [6.45, 7) is 0.359. The number of hydrogen-bond acceptors (Lipinski definition) is 3. The van der Waals surface area contributed by atoms with Crippen LogP contribution in [0.5, 0.6) is 5.75 Å². The van der Waals surface area contributed by atoms with Gasteiger partial charge >= 0.3 is 0 Å². The van der Waals surface area contributed by atoms with Crippen LogP contribution in [0.1, 0.15) is 21.5 Å². The van der Waals surface area contributed by atoms with Gasteiger partial charge < -0.3 is 10.1 Å². The molecule has 0 unspecified atom stereocenters. The fourth-order valence-corrected chi connectivity index (χ4v) is 2.26. The predicted octanol–water partition coefficient (Wildman–Crippen LogP) is 3.26. The minimum atomic E-state index is -0.205. The van der Waals surface area contributed by atoms with Crippen molar-refractivity contribution in [2.24, 2.45) is 0 Å². The summed E-state index contributed by atoms with van der Waals surface area (Å²) in [6.07, 6.45) is 0. The zero-order chi connectivity index (χ0) is 15.2. The Balaban J connectivity index is 2.10. The molecule has 0 aliphatic carbocycles. The molecule has 0 radical (unpaired) electrons. The molecular formula is C16H13BrN2O2. The van der Waals surface area contributed by atoms with Gasteiger partial charge in [-0.2, -0.15) is 5.26 Å². The van der Waals surface area contributed by atoms with Crippen molar-refractivity contribution in [2.75, 3.05) is 7.11 Å². The van der Waals surface area contributed by atoms with Crippen LogP contribution in [0.15, 0.2) is 46.9 Å². The van der Waals surface area contributed by atoms with Gasteiger partial charge in [0.15, 0.2) is 0 Å². The Labute approximate surface area is 131 Å². The highest BCUT2D eigenvalue weighted by molar-refractivity contribution is 9.10. The monoisotopic (exact) mass is 344 g/mol. The molecule has 2 rings (SSSR count). The molecule has 0 fully saturated rings. The fraction of sp³-hybridized carbons (Fsp3) is 0.125. The maximum absolute atomic E-state index is 12.2. The largest absolute Gasteiger partial charge is 0.497 e. The highest BCUT2D eigenvalue weighted by Crippen LogP contribution is 2.22. The Morgan fingerprint density at radius 2 is 2.14 bits per heavy atom. The number of nitrogens with zero attached hydrogens (tertiary/aromatic N) is 1. The molecule has 0 aromatic heterocycles. The topological polar surface area (TPSA) is 62.1 Å². The van der Waals surface area contributed by atoms with Gasteiger partial charge in [-0.25, -0.2) is 0 Å². The zero-order valence-corrected chi connectivity index (χ0v) is 13.0. The van der Waals surface area contributed by atoms with E-state index in [4.69, 9.17) is 10.00 Å². The smallest absolute Gasteiger partial charge is 0.252 e. The molecule has 0 aliphatic rings. The summed E-state index contributed by atoms with van der Waals surface area (Å²) in [5.41, 5.74) is 1.96. The van der Waals surface area contributed by atoms with Crippen LogP contribution in [0, 0.1) is 11.3 Å². The van der Waals surface area contributed by atoms with E-state index < -0.39 is 0 Å². The molecule has 0 saturated heterocycles. The molecule has 0 bridgehead atoms. The van der Waals surface area contributed by atoms with Crippen LogP contribution in [0.2, 0.25) is 0 Å². The lowest BCUT2D eigenvalue weighted by Gasteiger charge is -2.09. The van der Waals surface area contributed by atoms with Crippen LogP contribution in [-0.2, 0) is 6.54 Å². The number of nitriles is 1. The average Bonchev–Trinajstić information content (AvgIpc) is 2.53. The highest BCUT2D eigenvalue weighted by atomic mass is 79.9. The summed E-state index contributed by atoms with van der Waals surface area (Å²) in [5, 5.41) is 11.7. The van der Waals surface area contributed by atoms with Crippen molar-refractivity contribution in [3.8, 4) is 11.8 Å². The van der Waals surface area contributed by atoms with Gasteiger partial charge in [0, 0.05) is 11.0 Å². The van der Waals surface area contributed by atoms with Gasteiger partial charge in [0.2, 0.25) is 0 Å². The first-order chi connectivity index (χ1) is 10.1. The van der Waals surface area contributed by atoms with Gasteiger partial charge in [-0.3, -0.25) is 4.79 Å². The number of carbonyl (C=O) groups excluding carboxylic acids is 1. The molecule has 5 heteroatoms. The van der Waals surface area contributed by atoms with Crippen LogP contribution in [-0.4, -0.2) is 13.0 Å². The number of hydrogen-bond donors (Lipinski definition) is 1. The second-order valence-corrected chi connectivity index (χ2v) is 5.19. The fourth-order valence-electron chi connectivity index (χ4n) is 1.83. The van der Waals surface area contributed by atoms with Crippen LogP contribution in [0.25, 0.3) is 0 Å². The van der Waals surface area contributed by atoms with Crippen LogP contribution in [0.3, 0.4) is 0 Å². The lowest BCUT2D eigenvalue weighted by Crippen LogP contribution is -2.23. The Hall–Kier alpha value is -2.32. The Kier molecular flexibility index (Phi) is 4.96. The van der Waals surface area contributed by atoms with E-state index in [0.717, 1.165) is 5.56 Å². The van der Waals surface area contributed by atoms with E-state index in [1.165, 1.54) is 0 Å². The molecular weight excluding hydrogens is 332 g/mol. The third kappa shape index (κ3) is 3.83. The summed E-state index contributed by atoms with van der Waals surface area (Å²) < 4.78 is 5.82. The molecule has 1 N–H and O–H groups in total. The number of ether oxygens (including phenoxy) is 1. The summed E-state index contributed by atoms with van der Waals surface area (Å²) >= 11 is 3.35. The van der Waals surface area contributed by atoms with Crippen LogP contribution in [0.4, 0.5) is 0 Å².